The molecule has 5 N–H and O–H groups in total. The molecule has 0 aromatic rings. The number of hydrogen-bond acceptors (Lipinski definition) is 4. The lowest BCUT2D eigenvalue weighted by Crippen LogP contribution is -2.31. The smallest absolute Gasteiger partial charge is 0.0852 e. The second kappa shape index (κ2) is 3.49. The van der Waals surface area contributed by atoms with Crippen molar-refractivity contribution in [2.24, 2.45) is 17.6 Å². The number of rotatable bonds is 2. The van der Waals surface area contributed by atoms with Crippen LogP contribution in [-0.4, -0.2) is 40.7 Å². The van der Waals surface area contributed by atoms with Crippen LogP contribution in [0.4, 0.5) is 0 Å². The van der Waals surface area contributed by atoms with E-state index in [0.29, 0.717) is 13.0 Å². The van der Waals surface area contributed by atoms with Gasteiger partial charge in [0.2, 0.25) is 0 Å². The van der Waals surface area contributed by atoms with Gasteiger partial charge in [-0.25, -0.2) is 0 Å². The van der Waals surface area contributed by atoms with Gasteiger partial charge in [-0.1, -0.05) is 0 Å². The molecule has 0 aliphatic heterocycles. The lowest BCUT2D eigenvalue weighted by Gasteiger charge is -2.14. The van der Waals surface area contributed by atoms with Crippen LogP contribution in [0.1, 0.15) is 6.42 Å². The summed E-state index contributed by atoms with van der Waals surface area (Å²) in [4.78, 5) is 0. The summed E-state index contributed by atoms with van der Waals surface area (Å²) < 4.78 is 0. The van der Waals surface area contributed by atoms with Crippen LogP contribution < -0.4 is 5.73 Å². The average Bonchev–Trinajstić information content (AvgIpc) is 2.30. The van der Waals surface area contributed by atoms with Gasteiger partial charge in [0.25, 0.3) is 0 Å². The van der Waals surface area contributed by atoms with Gasteiger partial charge in [-0.15, -0.1) is 0 Å². The van der Waals surface area contributed by atoms with E-state index >= 15 is 0 Å². The minimum Gasteiger partial charge on any atom is -0.396 e. The molecule has 4 heteroatoms. The van der Waals surface area contributed by atoms with Gasteiger partial charge in [0.1, 0.15) is 0 Å². The SMILES string of the molecule is NC[C@H]1C[C@@H](CO)[C@@H](O)[C@H]1O. The molecule has 11 heavy (non-hydrogen) atoms. The molecule has 1 saturated carbocycles. The lowest BCUT2D eigenvalue weighted by molar-refractivity contribution is -0.00476. The largest absolute Gasteiger partial charge is 0.396 e. The first-order valence-electron chi connectivity index (χ1n) is 3.87. The summed E-state index contributed by atoms with van der Waals surface area (Å²) in [7, 11) is 0. The van der Waals surface area contributed by atoms with Crippen LogP contribution in [0, 0.1) is 11.8 Å². The summed E-state index contributed by atoms with van der Waals surface area (Å²) in [5.74, 6) is -0.249. The van der Waals surface area contributed by atoms with Gasteiger partial charge in [0.05, 0.1) is 12.2 Å². The van der Waals surface area contributed by atoms with Gasteiger partial charge >= 0.3 is 0 Å². The molecule has 0 aromatic carbocycles. The van der Waals surface area contributed by atoms with Crippen LogP contribution in [0.3, 0.4) is 0 Å². The summed E-state index contributed by atoms with van der Waals surface area (Å²) in [6.07, 6.45) is -0.930. The Labute approximate surface area is 65.6 Å². The zero-order chi connectivity index (χ0) is 8.43. The molecule has 0 spiro atoms. The van der Waals surface area contributed by atoms with Crippen molar-refractivity contribution in [3.63, 3.8) is 0 Å². The molecule has 0 bridgehead atoms. The van der Waals surface area contributed by atoms with Crippen molar-refractivity contribution in [1.82, 2.24) is 0 Å². The second-order valence-electron chi connectivity index (χ2n) is 3.16. The third-order valence-electron chi connectivity index (χ3n) is 2.46. The topological polar surface area (TPSA) is 86.7 Å². The summed E-state index contributed by atoms with van der Waals surface area (Å²) in [6.45, 7) is 0.295. The molecule has 1 aliphatic carbocycles. The van der Waals surface area contributed by atoms with Gasteiger partial charge in [-0.2, -0.15) is 0 Å². The van der Waals surface area contributed by atoms with Crippen molar-refractivity contribution < 1.29 is 15.3 Å². The number of nitrogens with two attached hydrogens (primary N) is 1. The Morgan fingerprint density at radius 2 is 1.73 bits per heavy atom. The van der Waals surface area contributed by atoms with Crippen LogP contribution in [0.2, 0.25) is 0 Å². The molecule has 0 radical (unpaired) electrons. The molecule has 0 amide bonds. The van der Waals surface area contributed by atoms with E-state index in [-0.39, 0.29) is 18.4 Å². The van der Waals surface area contributed by atoms with Gasteiger partial charge in [-0.05, 0) is 13.0 Å². The predicted octanol–water partition coefficient (Wildman–Crippen LogP) is -1.70. The molecule has 1 rings (SSSR count). The molecule has 4 atom stereocenters. The van der Waals surface area contributed by atoms with E-state index in [9.17, 15) is 10.2 Å². The highest BCUT2D eigenvalue weighted by Gasteiger charge is 2.39. The number of hydrogen-bond donors (Lipinski definition) is 4. The highest BCUT2D eigenvalue weighted by Crippen LogP contribution is 2.30. The minimum absolute atomic E-state index is 0.0536. The Morgan fingerprint density at radius 1 is 1.18 bits per heavy atom. The van der Waals surface area contributed by atoms with Gasteiger partial charge in [0.15, 0.2) is 0 Å². The molecule has 0 saturated heterocycles. The molecular formula is C7H15NO3. The maximum Gasteiger partial charge on any atom is 0.0852 e. The molecule has 66 valence electrons. The highest BCUT2D eigenvalue weighted by molar-refractivity contribution is 4.90. The quantitative estimate of drug-likeness (QED) is 0.388. The van der Waals surface area contributed by atoms with Crippen molar-refractivity contribution >= 4 is 0 Å². The molecule has 1 aliphatic rings. The average molecular weight is 161 g/mol. The van der Waals surface area contributed by atoms with Crippen molar-refractivity contribution in [2.45, 2.75) is 18.6 Å². The van der Waals surface area contributed by atoms with Crippen molar-refractivity contribution in [3.8, 4) is 0 Å². The number of aliphatic hydroxyl groups excluding tert-OH is 3. The molecule has 1 fully saturated rings. The molecule has 0 heterocycles. The lowest BCUT2D eigenvalue weighted by atomic mass is 10.1. The summed E-state index contributed by atoms with van der Waals surface area (Å²) in [5.41, 5.74) is 5.35. The maximum atomic E-state index is 9.32. The first-order valence-corrected chi connectivity index (χ1v) is 3.87. The van der Waals surface area contributed by atoms with Crippen molar-refractivity contribution in [2.75, 3.05) is 13.2 Å². The molecule has 4 nitrogen and oxygen atoms in total. The van der Waals surface area contributed by atoms with Crippen molar-refractivity contribution in [1.29, 1.82) is 0 Å². The standard InChI is InChI=1S/C7H15NO3/c8-2-4-1-5(3-9)7(11)6(4)10/h4-7,9-11H,1-3,8H2/t4-,5+,6+,7-/m1/s1. The Kier molecular flexibility index (Phi) is 2.84. The summed E-state index contributed by atoms with van der Waals surface area (Å²) in [5, 5.41) is 27.4. The molecule has 0 unspecified atom stereocenters. The number of aliphatic hydroxyl groups is 3. The fourth-order valence-electron chi connectivity index (χ4n) is 1.64. The van der Waals surface area contributed by atoms with E-state index < -0.39 is 12.2 Å². The second-order valence-corrected chi connectivity index (χ2v) is 3.16. The first kappa shape index (κ1) is 8.93. The minimum atomic E-state index is -0.798. The Morgan fingerprint density at radius 3 is 2.00 bits per heavy atom. The van der Waals surface area contributed by atoms with Crippen LogP contribution in [0.25, 0.3) is 0 Å². The fourth-order valence-corrected chi connectivity index (χ4v) is 1.64. The van der Waals surface area contributed by atoms with Crippen LogP contribution >= 0.6 is 0 Å². The predicted molar refractivity (Wildman–Crippen MR) is 39.8 cm³/mol. The van der Waals surface area contributed by atoms with Gasteiger partial charge in [0, 0.05) is 18.4 Å². The van der Waals surface area contributed by atoms with Crippen LogP contribution in [0.5, 0.6) is 0 Å². The zero-order valence-electron chi connectivity index (χ0n) is 6.35. The molecular weight excluding hydrogens is 146 g/mol. The maximum absolute atomic E-state index is 9.32. The van der Waals surface area contributed by atoms with Gasteiger partial charge in [-0.3, -0.25) is 0 Å². The Hall–Kier alpha value is -0.160. The first-order chi connectivity index (χ1) is 5.20. The highest BCUT2D eigenvalue weighted by atomic mass is 16.3. The third-order valence-corrected chi connectivity index (χ3v) is 2.46. The van der Waals surface area contributed by atoms with E-state index in [0.717, 1.165) is 0 Å². The third kappa shape index (κ3) is 1.54. The van der Waals surface area contributed by atoms with Crippen molar-refractivity contribution in [3.05, 3.63) is 0 Å². The normalized spacial score (nSPS) is 44.7. The molecule has 0 aromatic heterocycles. The van der Waals surface area contributed by atoms with E-state index in [4.69, 9.17) is 10.8 Å². The van der Waals surface area contributed by atoms with Crippen LogP contribution in [0.15, 0.2) is 0 Å². The summed E-state index contributed by atoms with van der Waals surface area (Å²) >= 11 is 0. The van der Waals surface area contributed by atoms with Crippen LogP contribution in [-0.2, 0) is 0 Å². The zero-order valence-corrected chi connectivity index (χ0v) is 6.35. The van der Waals surface area contributed by atoms with Gasteiger partial charge < -0.3 is 21.1 Å². The van der Waals surface area contributed by atoms with E-state index in [1.165, 1.54) is 0 Å². The Balaban J connectivity index is 2.53. The Bertz CT molecular complexity index is 113. The van der Waals surface area contributed by atoms with E-state index in [1.807, 2.05) is 0 Å². The monoisotopic (exact) mass is 161 g/mol. The summed E-state index contributed by atoms with van der Waals surface area (Å²) in [6, 6.07) is 0. The van der Waals surface area contributed by atoms with E-state index in [2.05, 4.69) is 0 Å². The fraction of sp³-hybridized carbons (Fsp3) is 1.00. The van der Waals surface area contributed by atoms with E-state index in [1.54, 1.807) is 0 Å².